The van der Waals surface area contributed by atoms with Gasteiger partial charge in [-0.3, -0.25) is 0 Å². The number of hydrogen-bond donors (Lipinski definition) is 0. The van der Waals surface area contributed by atoms with Gasteiger partial charge in [0.05, 0.1) is 12.2 Å². The highest BCUT2D eigenvalue weighted by Gasteiger charge is 1.94. The Bertz CT molecular complexity index is 37.8. The molecule has 0 aromatic carbocycles. The molecule has 0 aromatic heterocycles. The molecule has 8 heavy (non-hydrogen) atoms. The second-order valence-corrected chi connectivity index (χ2v) is 2.23. The van der Waals surface area contributed by atoms with Gasteiger partial charge in [0.2, 0.25) is 0 Å². The van der Waals surface area contributed by atoms with Gasteiger partial charge >= 0.3 is 0 Å². The maximum atomic E-state index is 5.25. The standard InChI is InChI=1S/C6H14O.Al/c1-5(2)7-6(3)4;/h5-6H,1-4H3;. The van der Waals surface area contributed by atoms with Crippen molar-refractivity contribution in [1.82, 2.24) is 0 Å². The van der Waals surface area contributed by atoms with Crippen LogP contribution in [0, 0.1) is 0 Å². The predicted molar refractivity (Wildman–Crippen MR) is 37.1 cm³/mol. The van der Waals surface area contributed by atoms with Crippen molar-refractivity contribution in [1.29, 1.82) is 0 Å². The minimum Gasteiger partial charge on any atom is -0.376 e. The highest BCUT2D eigenvalue weighted by molar-refractivity contribution is 5.75. The molecule has 0 atom stereocenters. The zero-order chi connectivity index (χ0) is 5.86. The normalized spacial score (nSPS) is 9.75. The molecule has 0 bridgehead atoms. The maximum Gasteiger partial charge on any atom is 0.0522 e. The molecule has 3 radical (unpaired) electrons. The third-order valence-corrected chi connectivity index (χ3v) is 0.544. The Morgan fingerprint density at radius 3 is 1.12 bits per heavy atom. The second-order valence-electron chi connectivity index (χ2n) is 2.23. The van der Waals surface area contributed by atoms with Crippen molar-refractivity contribution < 1.29 is 4.74 Å². The van der Waals surface area contributed by atoms with E-state index >= 15 is 0 Å². The minimum absolute atomic E-state index is 0. The van der Waals surface area contributed by atoms with Crippen LogP contribution in [-0.2, 0) is 4.74 Å². The van der Waals surface area contributed by atoms with E-state index in [2.05, 4.69) is 0 Å². The Labute approximate surface area is 62.6 Å². The third kappa shape index (κ3) is 9.70. The SMILES string of the molecule is CC(C)OC(C)C.[Al]. The number of ether oxygens (including phenoxy) is 1. The van der Waals surface area contributed by atoms with Crippen molar-refractivity contribution in [3.05, 3.63) is 0 Å². The van der Waals surface area contributed by atoms with Gasteiger partial charge < -0.3 is 4.74 Å². The van der Waals surface area contributed by atoms with Crippen LogP contribution in [0.2, 0.25) is 0 Å². The molecule has 0 rings (SSSR count). The van der Waals surface area contributed by atoms with Gasteiger partial charge in [0.25, 0.3) is 0 Å². The van der Waals surface area contributed by atoms with Gasteiger partial charge in [0.15, 0.2) is 0 Å². The maximum absolute atomic E-state index is 5.25. The first-order valence-electron chi connectivity index (χ1n) is 2.78. The van der Waals surface area contributed by atoms with Gasteiger partial charge in [0.1, 0.15) is 0 Å². The summed E-state index contributed by atoms with van der Waals surface area (Å²) in [6, 6.07) is 0. The molecule has 0 aromatic rings. The van der Waals surface area contributed by atoms with Crippen LogP contribution in [0.15, 0.2) is 0 Å². The van der Waals surface area contributed by atoms with Gasteiger partial charge in [-0.2, -0.15) is 0 Å². The number of hydrogen-bond acceptors (Lipinski definition) is 1. The van der Waals surface area contributed by atoms with Crippen LogP contribution in [0.1, 0.15) is 27.7 Å². The molecule has 47 valence electrons. The lowest BCUT2D eigenvalue weighted by Gasteiger charge is -2.09. The summed E-state index contributed by atoms with van der Waals surface area (Å²) >= 11 is 0. The molecular weight excluding hydrogens is 115 g/mol. The number of rotatable bonds is 2. The van der Waals surface area contributed by atoms with E-state index in [1.54, 1.807) is 0 Å². The Hall–Kier alpha value is 0.492. The summed E-state index contributed by atoms with van der Waals surface area (Å²) in [5.74, 6) is 0. The van der Waals surface area contributed by atoms with Crippen molar-refractivity contribution in [3.63, 3.8) is 0 Å². The summed E-state index contributed by atoms with van der Waals surface area (Å²) in [5.41, 5.74) is 0. The molecule has 0 N–H and O–H groups in total. The monoisotopic (exact) mass is 129 g/mol. The zero-order valence-electron chi connectivity index (χ0n) is 6.14. The lowest BCUT2D eigenvalue weighted by molar-refractivity contribution is 0.0300. The third-order valence-electron chi connectivity index (χ3n) is 0.544. The summed E-state index contributed by atoms with van der Waals surface area (Å²) in [5, 5.41) is 0. The Morgan fingerprint density at radius 1 is 0.875 bits per heavy atom. The molecule has 0 aliphatic rings. The summed E-state index contributed by atoms with van der Waals surface area (Å²) in [7, 11) is 0. The highest BCUT2D eigenvalue weighted by atomic mass is 27.0. The predicted octanol–water partition coefficient (Wildman–Crippen LogP) is 1.44. The fraction of sp³-hybridized carbons (Fsp3) is 1.00. The molecular formula is C6H14AlO. The fourth-order valence-corrected chi connectivity index (χ4v) is 0.544. The van der Waals surface area contributed by atoms with Crippen LogP contribution in [-0.4, -0.2) is 29.6 Å². The van der Waals surface area contributed by atoms with Crippen LogP contribution in [0.5, 0.6) is 0 Å². The van der Waals surface area contributed by atoms with E-state index < -0.39 is 0 Å². The molecule has 1 nitrogen and oxygen atoms in total. The van der Waals surface area contributed by atoms with Crippen molar-refractivity contribution in [2.75, 3.05) is 0 Å². The largest absolute Gasteiger partial charge is 0.376 e. The van der Waals surface area contributed by atoms with E-state index in [1.165, 1.54) is 0 Å². The molecule has 0 amide bonds. The fourth-order valence-electron chi connectivity index (χ4n) is 0.544. The topological polar surface area (TPSA) is 9.23 Å². The zero-order valence-corrected chi connectivity index (χ0v) is 7.29. The van der Waals surface area contributed by atoms with E-state index in [1.807, 2.05) is 27.7 Å². The van der Waals surface area contributed by atoms with Crippen LogP contribution >= 0.6 is 0 Å². The van der Waals surface area contributed by atoms with Gasteiger partial charge in [-0.25, -0.2) is 0 Å². The molecule has 0 fully saturated rings. The van der Waals surface area contributed by atoms with E-state index in [9.17, 15) is 0 Å². The van der Waals surface area contributed by atoms with Crippen LogP contribution in [0.25, 0.3) is 0 Å². The molecule has 0 aliphatic carbocycles. The summed E-state index contributed by atoms with van der Waals surface area (Å²) in [4.78, 5) is 0. The molecule has 2 heteroatoms. The van der Waals surface area contributed by atoms with E-state index in [4.69, 9.17) is 4.74 Å². The molecule has 0 aliphatic heterocycles. The van der Waals surface area contributed by atoms with Gasteiger partial charge in [-0.05, 0) is 27.7 Å². The molecule has 0 heterocycles. The average Bonchev–Trinajstić information content (AvgIpc) is 1.27. The van der Waals surface area contributed by atoms with Gasteiger partial charge in [-0.1, -0.05) is 0 Å². The lowest BCUT2D eigenvalue weighted by atomic mass is 10.4. The second kappa shape index (κ2) is 5.63. The van der Waals surface area contributed by atoms with E-state index in [0.29, 0.717) is 12.2 Å². The van der Waals surface area contributed by atoms with Gasteiger partial charge in [0, 0.05) is 17.4 Å². The quantitative estimate of drug-likeness (QED) is 0.512. The smallest absolute Gasteiger partial charge is 0.0522 e. The first-order chi connectivity index (χ1) is 3.13. The summed E-state index contributed by atoms with van der Waals surface area (Å²) in [6.07, 6.45) is 0.750. The molecule has 0 unspecified atom stereocenters. The highest BCUT2D eigenvalue weighted by Crippen LogP contribution is 1.93. The van der Waals surface area contributed by atoms with Crippen molar-refractivity contribution in [2.24, 2.45) is 0 Å². The summed E-state index contributed by atoms with van der Waals surface area (Å²) < 4.78 is 5.25. The molecule has 0 saturated heterocycles. The van der Waals surface area contributed by atoms with Crippen LogP contribution in [0.4, 0.5) is 0 Å². The first kappa shape index (κ1) is 11.3. The Balaban J connectivity index is 0. The van der Waals surface area contributed by atoms with E-state index in [0.717, 1.165) is 0 Å². The first-order valence-corrected chi connectivity index (χ1v) is 2.78. The summed E-state index contributed by atoms with van der Waals surface area (Å²) in [6.45, 7) is 8.17. The van der Waals surface area contributed by atoms with Crippen molar-refractivity contribution in [3.8, 4) is 0 Å². The Morgan fingerprint density at radius 2 is 1.12 bits per heavy atom. The Kier molecular flexibility index (Phi) is 7.95. The van der Waals surface area contributed by atoms with Crippen molar-refractivity contribution in [2.45, 2.75) is 39.9 Å². The molecule has 0 spiro atoms. The van der Waals surface area contributed by atoms with Crippen molar-refractivity contribution >= 4 is 17.4 Å². The van der Waals surface area contributed by atoms with Gasteiger partial charge in [-0.15, -0.1) is 0 Å². The van der Waals surface area contributed by atoms with Crippen LogP contribution in [0.3, 0.4) is 0 Å². The van der Waals surface area contributed by atoms with Crippen LogP contribution < -0.4 is 0 Å². The minimum atomic E-state index is 0. The molecule has 0 saturated carbocycles. The van der Waals surface area contributed by atoms with E-state index in [-0.39, 0.29) is 17.4 Å². The average molecular weight is 129 g/mol. The lowest BCUT2D eigenvalue weighted by Crippen LogP contribution is -2.09.